The quantitative estimate of drug-likeness (QED) is 0.100. The molecule has 0 N–H and O–H groups in total. The third-order valence-electron chi connectivity index (χ3n) is 7.68. The molecular formula is C37H25F11O2. The molecule has 0 aromatic heterocycles. The summed E-state index contributed by atoms with van der Waals surface area (Å²) in [6, 6.07) is 14.0. The van der Waals surface area contributed by atoms with Gasteiger partial charge in [-0.2, -0.15) is 8.78 Å². The Morgan fingerprint density at radius 2 is 1.08 bits per heavy atom. The summed E-state index contributed by atoms with van der Waals surface area (Å²) in [6.45, 7) is 2.10. The topological polar surface area (TPSA) is 18.5 Å². The molecule has 5 aromatic rings. The first-order chi connectivity index (χ1) is 23.6. The Labute approximate surface area is 278 Å². The minimum Gasteiger partial charge on any atom is -0.429 e. The highest BCUT2D eigenvalue weighted by Gasteiger charge is 2.42. The summed E-state index contributed by atoms with van der Waals surface area (Å²) < 4.78 is 164. The summed E-state index contributed by atoms with van der Waals surface area (Å²) in [5, 5.41) is 0. The Morgan fingerprint density at radius 3 is 1.64 bits per heavy atom. The van der Waals surface area contributed by atoms with Crippen LogP contribution in [0.15, 0.2) is 84.9 Å². The van der Waals surface area contributed by atoms with E-state index < -0.39 is 81.1 Å². The standard InChI is InChI=1S/C37H25F11O2/c1-2-3-4-5-20-6-8-21(9-7-20)22-10-12-26(27(38)14-22)24-16-31(42)35(32(43)17-24)36(44,45)49-25-18-29(40)34(30(41)19-25)23-11-13-33(28(39)15-23)50-37(46,47)48/h6-19H,2-5H2,1H3. The van der Waals surface area contributed by atoms with Crippen molar-refractivity contribution in [3.8, 4) is 44.9 Å². The molecule has 5 rings (SSSR count). The number of hydrogen-bond acceptors (Lipinski definition) is 2. The molecule has 13 heteroatoms. The van der Waals surface area contributed by atoms with E-state index in [4.69, 9.17) is 0 Å². The first-order valence-corrected chi connectivity index (χ1v) is 15.1. The lowest BCUT2D eigenvalue weighted by atomic mass is 9.97. The van der Waals surface area contributed by atoms with Crippen molar-refractivity contribution in [3.05, 3.63) is 131 Å². The van der Waals surface area contributed by atoms with Gasteiger partial charge in [0.1, 0.15) is 40.4 Å². The molecule has 0 aliphatic rings. The van der Waals surface area contributed by atoms with Gasteiger partial charge in [-0.05, 0) is 71.0 Å². The van der Waals surface area contributed by atoms with Crippen molar-refractivity contribution in [1.82, 2.24) is 0 Å². The molecule has 0 saturated carbocycles. The fourth-order valence-corrected chi connectivity index (χ4v) is 5.33. The van der Waals surface area contributed by atoms with Crippen LogP contribution < -0.4 is 9.47 Å². The minimum atomic E-state index is -5.26. The predicted molar refractivity (Wildman–Crippen MR) is 163 cm³/mol. The molecule has 0 bridgehead atoms. The van der Waals surface area contributed by atoms with Crippen molar-refractivity contribution >= 4 is 0 Å². The lowest BCUT2D eigenvalue weighted by Crippen LogP contribution is -2.25. The molecule has 50 heavy (non-hydrogen) atoms. The number of unbranched alkanes of at least 4 members (excludes halogenated alkanes) is 2. The van der Waals surface area contributed by atoms with Gasteiger partial charge in [0.25, 0.3) is 0 Å². The first kappa shape index (κ1) is 36.2. The number of rotatable bonds is 11. The van der Waals surface area contributed by atoms with Crippen LogP contribution in [0, 0.1) is 34.9 Å². The Balaban J connectivity index is 1.36. The van der Waals surface area contributed by atoms with Crippen molar-refractivity contribution in [2.24, 2.45) is 0 Å². The average molecular weight is 711 g/mol. The molecule has 262 valence electrons. The van der Waals surface area contributed by atoms with Gasteiger partial charge >= 0.3 is 12.5 Å². The van der Waals surface area contributed by atoms with Gasteiger partial charge in [-0.15, -0.1) is 13.2 Å². The van der Waals surface area contributed by atoms with Crippen LogP contribution in [0.1, 0.15) is 37.3 Å². The van der Waals surface area contributed by atoms with E-state index in [1.54, 1.807) is 0 Å². The summed E-state index contributed by atoms with van der Waals surface area (Å²) in [7, 11) is 0. The van der Waals surface area contributed by atoms with Gasteiger partial charge < -0.3 is 9.47 Å². The van der Waals surface area contributed by atoms with Crippen LogP contribution in [0.5, 0.6) is 11.5 Å². The Bertz CT molecular complexity index is 1960. The highest BCUT2D eigenvalue weighted by molar-refractivity contribution is 5.72. The molecule has 0 unspecified atom stereocenters. The SMILES string of the molecule is CCCCCc1ccc(-c2ccc(-c3cc(F)c(C(F)(F)Oc4cc(F)c(-c5ccc(OC(F)(F)F)c(F)c5)c(F)c4)c(F)c3)c(F)c2)cc1. The van der Waals surface area contributed by atoms with E-state index in [1.165, 1.54) is 12.1 Å². The van der Waals surface area contributed by atoms with E-state index in [-0.39, 0.29) is 17.7 Å². The van der Waals surface area contributed by atoms with Crippen LogP contribution in [0.3, 0.4) is 0 Å². The van der Waals surface area contributed by atoms with Crippen LogP contribution in [-0.2, 0) is 12.5 Å². The molecular weight excluding hydrogens is 685 g/mol. The van der Waals surface area contributed by atoms with E-state index in [1.807, 2.05) is 24.3 Å². The zero-order valence-corrected chi connectivity index (χ0v) is 25.9. The molecule has 0 aliphatic heterocycles. The van der Waals surface area contributed by atoms with Crippen molar-refractivity contribution in [1.29, 1.82) is 0 Å². The van der Waals surface area contributed by atoms with Gasteiger partial charge in [0, 0.05) is 17.7 Å². The van der Waals surface area contributed by atoms with Crippen LogP contribution in [0.2, 0.25) is 0 Å². The smallest absolute Gasteiger partial charge is 0.429 e. The van der Waals surface area contributed by atoms with Gasteiger partial charge in [0.05, 0.1) is 5.56 Å². The van der Waals surface area contributed by atoms with Crippen LogP contribution in [-0.4, -0.2) is 6.36 Å². The fourth-order valence-electron chi connectivity index (χ4n) is 5.33. The second kappa shape index (κ2) is 14.4. The van der Waals surface area contributed by atoms with E-state index in [2.05, 4.69) is 16.4 Å². The van der Waals surface area contributed by atoms with Crippen molar-refractivity contribution in [2.75, 3.05) is 0 Å². The zero-order valence-electron chi connectivity index (χ0n) is 25.9. The number of hydrogen-bond donors (Lipinski definition) is 0. The largest absolute Gasteiger partial charge is 0.573 e. The Morgan fingerprint density at radius 1 is 0.520 bits per heavy atom. The predicted octanol–water partition coefficient (Wildman–Crippen LogP) is 12.3. The minimum absolute atomic E-state index is 0.200. The summed E-state index contributed by atoms with van der Waals surface area (Å²) >= 11 is 0. The van der Waals surface area contributed by atoms with Gasteiger partial charge in [-0.1, -0.05) is 62.2 Å². The third kappa shape index (κ3) is 8.20. The lowest BCUT2D eigenvalue weighted by Gasteiger charge is -2.21. The molecule has 0 heterocycles. The number of aryl methyl sites for hydroxylation is 1. The van der Waals surface area contributed by atoms with Gasteiger partial charge in [-0.3, -0.25) is 0 Å². The first-order valence-electron chi connectivity index (χ1n) is 15.1. The molecule has 0 spiro atoms. The molecule has 0 radical (unpaired) electrons. The molecule has 0 fully saturated rings. The molecule has 5 aromatic carbocycles. The van der Waals surface area contributed by atoms with Gasteiger partial charge in [-0.25, -0.2) is 26.3 Å². The number of ether oxygens (including phenoxy) is 2. The normalized spacial score (nSPS) is 11.9. The molecule has 2 nitrogen and oxygen atoms in total. The summed E-state index contributed by atoms with van der Waals surface area (Å²) in [5.74, 6) is -12.0. The Hall–Kier alpha value is -5.07. The average Bonchev–Trinajstić information content (AvgIpc) is 3.01. The monoisotopic (exact) mass is 710 g/mol. The van der Waals surface area contributed by atoms with Crippen LogP contribution >= 0.6 is 0 Å². The highest BCUT2D eigenvalue weighted by atomic mass is 19.4. The van der Waals surface area contributed by atoms with E-state index in [9.17, 15) is 26.3 Å². The second-order valence-electron chi connectivity index (χ2n) is 11.2. The highest BCUT2D eigenvalue weighted by Crippen LogP contribution is 2.40. The van der Waals surface area contributed by atoms with E-state index >= 15 is 22.0 Å². The maximum absolute atomic E-state index is 15.2. The summed E-state index contributed by atoms with van der Waals surface area (Å²) in [5.41, 5.74) is -2.07. The maximum atomic E-state index is 15.2. The van der Waals surface area contributed by atoms with Crippen LogP contribution in [0.25, 0.3) is 33.4 Å². The number of alkyl halides is 5. The maximum Gasteiger partial charge on any atom is 0.573 e. The Kier molecular flexibility index (Phi) is 10.4. The molecule has 0 atom stereocenters. The van der Waals surface area contributed by atoms with Gasteiger partial charge in [0.15, 0.2) is 11.6 Å². The van der Waals surface area contributed by atoms with Crippen molar-refractivity contribution < 1.29 is 57.8 Å². The zero-order chi connectivity index (χ0) is 36.4. The van der Waals surface area contributed by atoms with Crippen LogP contribution in [0.4, 0.5) is 48.3 Å². The third-order valence-corrected chi connectivity index (χ3v) is 7.68. The number of benzene rings is 5. The molecule has 0 aliphatic carbocycles. The van der Waals surface area contributed by atoms with Crippen molar-refractivity contribution in [2.45, 2.75) is 45.1 Å². The fraction of sp³-hybridized carbons (Fsp3) is 0.189. The van der Waals surface area contributed by atoms with Crippen molar-refractivity contribution in [3.63, 3.8) is 0 Å². The summed E-state index contributed by atoms with van der Waals surface area (Å²) in [6.07, 6.45) is -6.02. The lowest BCUT2D eigenvalue weighted by molar-refractivity contribution is -0.275. The second-order valence-corrected chi connectivity index (χ2v) is 11.2. The number of halogens is 11. The summed E-state index contributed by atoms with van der Waals surface area (Å²) in [4.78, 5) is 0. The van der Waals surface area contributed by atoms with E-state index in [0.717, 1.165) is 37.3 Å². The molecule has 0 amide bonds. The molecule has 0 saturated heterocycles. The van der Waals surface area contributed by atoms with E-state index in [0.29, 0.717) is 41.5 Å². The van der Waals surface area contributed by atoms with Gasteiger partial charge in [0.2, 0.25) is 0 Å².